The predicted octanol–water partition coefficient (Wildman–Crippen LogP) is -0.106. The Balaban J connectivity index is 1.69. The fraction of sp³-hybridized carbons (Fsp3) is 0.600. The maximum atomic E-state index is 11.5. The highest BCUT2D eigenvalue weighted by Gasteiger charge is 2.27. The second kappa shape index (κ2) is 6.91. The second-order valence-electron chi connectivity index (χ2n) is 5.93. The van der Waals surface area contributed by atoms with Crippen LogP contribution in [0.5, 0.6) is 0 Å². The second-order valence-corrected chi connectivity index (χ2v) is 5.93. The van der Waals surface area contributed by atoms with Crippen LogP contribution in [0.25, 0.3) is 0 Å². The van der Waals surface area contributed by atoms with Crippen LogP contribution in [0.15, 0.2) is 11.3 Å². The molecule has 0 radical (unpaired) electrons. The number of fused-ring (bicyclic) bond motifs is 1. The fourth-order valence-electron chi connectivity index (χ4n) is 3.16. The molecule has 3 heterocycles. The van der Waals surface area contributed by atoms with E-state index in [-0.39, 0.29) is 5.91 Å². The number of anilines is 2. The van der Waals surface area contributed by atoms with Crippen molar-refractivity contribution in [2.45, 2.75) is 25.7 Å². The zero-order chi connectivity index (χ0) is 16.2. The first-order chi connectivity index (χ1) is 11.2. The molecule has 3 rings (SSSR count). The normalized spacial score (nSPS) is 19.4. The molecule has 0 unspecified atom stereocenters. The number of nitrogens with two attached hydrogens (primary N) is 2. The Bertz CT molecular complexity index is 608. The maximum absolute atomic E-state index is 11.5. The van der Waals surface area contributed by atoms with Gasteiger partial charge >= 0.3 is 0 Å². The molecule has 0 saturated carbocycles. The van der Waals surface area contributed by atoms with E-state index in [4.69, 9.17) is 11.5 Å². The lowest BCUT2D eigenvalue weighted by molar-refractivity contribution is -0.116. The minimum atomic E-state index is 0.0183. The van der Waals surface area contributed by atoms with Crippen LogP contribution in [0.4, 0.5) is 11.6 Å². The van der Waals surface area contributed by atoms with E-state index in [2.05, 4.69) is 25.2 Å². The molecule has 124 valence electrons. The molecule has 23 heavy (non-hydrogen) atoms. The van der Waals surface area contributed by atoms with Crippen molar-refractivity contribution in [2.75, 3.05) is 36.4 Å². The maximum Gasteiger partial charge on any atom is 0.225 e. The first-order valence-corrected chi connectivity index (χ1v) is 8.07. The van der Waals surface area contributed by atoms with Gasteiger partial charge in [-0.1, -0.05) is 0 Å². The van der Waals surface area contributed by atoms with Gasteiger partial charge in [0.1, 0.15) is 18.0 Å². The Kier molecular flexibility index (Phi) is 4.71. The molecule has 0 atom stereocenters. The third-order valence-electron chi connectivity index (χ3n) is 4.42. The van der Waals surface area contributed by atoms with E-state index in [0.717, 1.165) is 37.3 Å². The summed E-state index contributed by atoms with van der Waals surface area (Å²) in [6.45, 7) is 2.87. The molecule has 1 saturated heterocycles. The zero-order valence-electron chi connectivity index (χ0n) is 13.2. The van der Waals surface area contributed by atoms with Gasteiger partial charge in [-0.15, -0.1) is 0 Å². The number of aromatic nitrogens is 2. The first kappa shape index (κ1) is 15.7. The molecule has 0 aliphatic carbocycles. The predicted molar refractivity (Wildman–Crippen MR) is 89.5 cm³/mol. The first-order valence-electron chi connectivity index (χ1n) is 8.07. The summed E-state index contributed by atoms with van der Waals surface area (Å²) in [4.78, 5) is 26.7. The molecule has 1 amide bonds. The van der Waals surface area contributed by atoms with Crippen molar-refractivity contribution in [3.63, 3.8) is 0 Å². The molecule has 2 aliphatic rings. The van der Waals surface area contributed by atoms with E-state index in [1.807, 2.05) is 0 Å². The number of amidine groups is 1. The summed E-state index contributed by atoms with van der Waals surface area (Å²) in [7, 11) is 0. The number of carbonyl (C=O) groups is 1. The third kappa shape index (κ3) is 3.42. The van der Waals surface area contributed by atoms with E-state index < -0.39 is 0 Å². The van der Waals surface area contributed by atoms with E-state index >= 15 is 0 Å². The number of hydrogen-bond acceptors (Lipinski definition) is 6. The monoisotopic (exact) mass is 317 g/mol. The molecule has 0 spiro atoms. The van der Waals surface area contributed by atoms with Gasteiger partial charge in [-0.05, 0) is 19.3 Å². The number of nitrogens with one attached hydrogen (secondary N) is 1. The van der Waals surface area contributed by atoms with Crippen LogP contribution in [-0.4, -0.2) is 47.9 Å². The highest BCUT2D eigenvalue weighted by atomic mass is 16.1. The molecule has 5 N–H and O–H groups in total. The quantitative estimate of drug-likeness (QED) is 0.526. The van der Waals surface area contributed by atoms with Crippen molar-refractivity contribution in [3.05, 3.63) is 11.9 Å². The Morgan fingerprint density at radius 1 is 1.35 bits per heavy atom. The van der Waals surface area contributed by atoms with Crippen molar-refractivity contribution >= 4 is 23.4 Å². The van der Waals surface area contributed by atoms with Gasteiger partial charge in [0.05, 0.1) is 12.4 Å². The minimum absolute atomic E-state index is 0.0183. The standard InChI is InChI=1S/C15H23N7O/c16-5-6-18-13(17)10-3-7-22(8-4-10)15-11-1-2-12(23)21-14(11)19-9-20-15/h9-10H,1-8,16H2,(H2,17,18)(H,19,20,21,23). The van der Waals surface area contributed by atoms with Gasteiger partial charge in [0.25, 0.3) is 0 Å². The Morgan fingerprint density at radius 2 is 2.13 bits per heavy atom. The topological polar surface area (TPSA) is 123 Å². The van der Waals surface area contributed by atoms with Crippen LogP contribution in [-0.2, 0) is 11.2 Å². The van der Waals surface area contributed by atoms with Crippen molar-refractivity contribution in [1.29, 1.82) is 0 Å². The summed E-state index contributed by atoms with van der Waals surface area (Å²) in [5.41, 5.74) is 12.5. The molecule has 0 bridgehead atoms. The Hall–Kier alpha value is -2.22. The number of carbonyl (C=O) groups excluding carboxylic acids is 1. The summed E-state index contributed by atoms with van der Waals surface area (Å²) in [6, 6.07) is 0. The molecule has 2 aliphatic heterocycles. The SMILES string of the molecule is NCCN=C(N)C1CCN(c2ncnc3c2CCC(=O)N3)CC1. The number of piperidine rings is 1. The van der Waals surface area contributed by atoms with Crippen molar-refractivity contribution in [1.82, 2.24) is 9.97 Å². The van der Waals surface area contributed by atoms with Crippen molar-refractivity contribution < 1.29 is 4.79 Å². The molecular formula is C15H23N7O. The molecule has 1 aromatic rings. The molecular weight excluding hydrogens is 294 g/mol. The van der Waals surface area contributed by atoms with E-state index in [9.17, 15) is 4.79 Å². The number of aliphatic imine (C=N–C) groups is 1. The third-order valence-corrected chi connectivity index (χ3v) is 4.42. The number of nitrogens with zero attached hydrogens (tertiary/aromatic N) is 4. The number of rotatable bonds is 4. The van der Waals surface area contributed by atoms with Gasteiger partial charge in [0.2, 0.25) is 5.91 Å². The molecule has 8 heteroatoms. The van der Waals surface area contributed by atoms with Crippen LogP contribution < -0.4 is 21.7 Å². The summed E-state index contributed by atoms with van der Waals surface area (Å²) in [5, 5.41) is 2.82. The molecule has 1 aromatic heterocycles. The van der Waals surface area contributed by atoms with Gasteiger partial charge in [-0.25, -0.2) is 9.97 Å². The molecule has 1 fully saturated rings. The summed E-state index contributed by atoms with van der Waals surface area (Å²) < 4.78 is 0. The van der Waals surface area contributed by atoms with Gasteiger partial charge in [-0.2, -0.15) is 0 Å². The van der Waals surface area contributed by atoms with Gasteiger partial charge in [-0.3, -0.25) is 9.79 Å². The lowest BCUT2D eigenvalue weighted by Crippen LogP contribution is -2.40. The smallest absolute Gasteiger partial charge is 0.225 e. The van der Waals surface area contributed by atoms with E-state index in [0.29, 0.717) is 43.5 Å². The largest absolute Gasteiger partial charge is 0.387 e. The lowest BCUT2D eigenvalue weighted by Gasteiger charge is -2.34. The Morgan fingerprint density at radius 3 is 2.87 bits per heavy atom. The van der Waals surface area contributed by atoms with Gasteiger partial charge in [0.15, 0.2) is 0 Å². The molecule has 8 nitrogen and oxygen atoms in total. The minimum Gasteiger partial charge on any atom is -0.387 e. The summed E-state index contributed by atoms with van der Waals surface area (Å²) >= 11 is 0. The zero-order valence-corrected chi connectivity index (χ0v) is 13.2. The van der Waals surface area contributed by atoms with Crippen LogP contribution in [0, 0.1) is 5.92 Å². The summed E-state index contributed by atoms with van der Waals surface area (Å²) in [6.07, 6.45) is 4.60. The van der Waals surface area contributed by atoms with Crippen LogP contribution in [0.3, 0.4) is 0 Å². The highest BCUT2D eigenvalue weighted by Crippen LogP contribution is 2.30. The average molecular weight is 317 g/mol. The average Bonchev–Trinajstić information content (AvgIpc) is 2.59. The van der Waals surface area contributed by atoms with Crippen molar-refractivity contribution in [3.8, 4) is 0 Å². The number of hydrogen-bond donors (Lipinski definition) is 3. The summed E-state index contributed by atoms with van der Waals surface area (Å²) in [5.74, 6) is 2.63. The van der Waals surface area contributed by atoms with E-state index in [1.54, 1.807) is 0 Å². The van der Waals surface area contributed by atoms with Gasteiger partial charge in [0, 0.05) is 37.5 Å². The highest BCUT2D eigenvalue weighted by molar-refractivity contribution is 5.93. The fourth-order valence-corrected chi connectivity index (χ4v) is 3.16. The number of amides is 1. The van der Waals surface area contributed by atoms with Crippen LogP contribution in [0.2, 0.25) is 0 Å². The van der Waals surface area contributed by atoms with E-state index in [1.165, 1.54) is 6.33 Å². The van der Waals surface area contributed by atoms with Crippen LogP contribution in [0.1, 0.15) is 24.8 Å². The van der Waals surface area contributed by atoms with Gasteiger partial charge < -0.3 is 21.7 Å². The van der Waals surface area contributed by atoms with Crippen molar-refractivity contribution in [2.24, 2.45) is 22.4 Å². The molecule has 0 aromatic carbocycles. The Labute approximate surface area is 135 Å². The lowest BCUT2D eigenvalue weighted by atomic mass is 9.95. The van der Waals surface area contributed by atoms with Crippen LogP contribution >= 0.6 is 0 Å².